The lowest BCUT2D eigenvalue weighted by Crippen LogP contribution is -2.33. The Morgan fingerprint density at radius 3 is 2.23 bits per heavy atom. The third-order valence-electron chi connectivity index (χ3n) is 6.53. The number of ether oxygens (including phenoxy) is 1. The molecule has 1 fully saturated rings. The molecular formula is C28H32N2O4S. The Kier molecular flexibility index (Phi) is 7.88. The molecule has 3 aromatic carbocycles. The molecule has 1 heterocycles. The van der Waals surface area contributed by atoms with E-state index in [1.165, 1.54) is 23.5 Å². The lowest BCUT2D eigenvalue weighted by molar-refractivity contribution is 0.0939. The number of methoxy groups -OCH3 is 1. The zero-order valence-electron chi connectivity index (χ0n) is 20.2. The van der Waals surface area contributed by atoms with E-state index in [1.54, 1.807) is 6.07 Å². The second-order valence-corrected chi connectivity index (χ2v) is 10.8. The Hall–Kier alpha value is -3.16. The number of aryl methyl sites for hydroxylation is 1. The third kappa shape index (κ3) is 5.57. The van der Waals surface area contributed by atoms with Crippen LogP contribution in [0.25, 0.3) is 0 Å². The third-order valence-corrected chi connectivity index (χ3v) is 8.42. The SMILES string of the molecule is COc1ccc(S(=O)(=O)N2CCCCCC2)cc1C(=O)NC(c1ccccc1)c1ccccc1C. The molecule has 1 atom stereocenters. The van der Waals surface area contributed by atoms with Crippen LogP contribution in [0, 0.1) is 6.92 Å². The van der Waals surface area contributed by atoms with Gasteiger partial charge in [-0.2, -0.15) is 4.31 Å². The van der Waals surface area contributed by atoms with Gasteiger partial charge in [-0.25, -0.2) is 8.42 Å². The van der Waals surface area contributed by atoms with E-state index in [9.17, 15) is 13.2 Å². The molecule has 0 saturated carbocycles. The summed E-state index contributed by atoms with van der Waals surface area (Å²) in [7, 11) is -2.23. The number of carbonyl (C=O) groups is 1. The molecule has 35 heavy (non-hydrogen) atoms. The van der Waals surface area contributed by atoms with Gasteiger partial charge in [0.1, 0.15) is 5.75 Å². The molecule has 184 valence electrons. The van der Waals surface area contributed by atoms with E-state index in [0.717, 1.165) is 42.4 Å². The van der Waals surface area contributed by atoms with E-state index >= 15 is 0 Å². The monoisotopic (exact) mass is 492 g/mol. The maximum Gasteiger partial charge on any atom is 0.255 e. The van der Waals surface area contributed by atoms with Gasteiger partial charge in [0, 0.05) is 13.1 Å². The van der Waals surface area contributed by atoms with Gasteiger partial charge in [0.25, 0.3) is 5.91 Å². The van der Waals surface area contributed by atoms with Crippen LogP contribution in [0.1, 0.15) is 58.8 Å². The number of rotatable bonds is 7. The van der Waals surface area contributed by atoms with Gasteiger partial charge in [-0.3, -0.25) is 4.79 Å². The molecule has 3 aromatic rings. The van der Waals surface area contributed by atoms with Crippen LogP contribution < -0.4 is 10.1 Å². The van der Waals surface area contributed by atoms with Crippen LogP contribution in [0.15, 0.2) is 77.7 Å². The van der Waals surface area contributed by atoms with Crippen molar-refractivity contribution in [2.24, 2.45) is 0 Å². The minimum Gasteiger partial charge on any atom is -0.496 e. The van der Waals surface area contributed by atoms with Crippen molar-refractivity contribution < 1.29 is 17.9 Å². The van der Waals surface area contributed by atoms with Crippen molar-refractivity contribution in [3.63, 3.8) is 0 Å². The molecule has 0 bridgehead atoms. The summed E-state index contributed by atoms with van der Waals surface area (Å²) in [5, 5.41) is 3.12. The number of nitrogens with zero attached hydrogens (tertiary/aromatic N) is 1. The number of benzene rings is 3. The minimum atomic E-state index is -3.71. The van der Waals surface area contributed by atoms with Crippen molar-refractivity contribution in [3.8, 4) is 5.75 Å². The number of hydrogen-bond donors (Lipinski definition) is 1. The smallest absolute Gasteiger partial charge is 0.255 e. The van der Waals surface area contributed by atoms with Crippen LogP contribution in [0.4, 0.5) is 0 Å². The second kappa shape index (κ2) is 11.1. The van der Waals surface area contributed by atoms with Crippen molar-refractivity contribution in [2.75, 3.05) is 20.2 Å². The van der Waals surface area contributed by atoms with E-state index < -0.39 is 22.0 Å². The first kappa shape index (κ1) is 24.9. The first-order valence-corrected chi connectivity index (χ1v) is 13.5. The fourth-order valence-corrected chi connectivity index (χ4v) is 6.11. The fourth-order valence-electron chi connectivity index (χ4n) is 4.56. The molecule has 0 spiro atoms. The van der Waals surface area contributed by atoms with Crippen molar-refractivity contribution in [2.45, 2.75) is 43.5 Å². The van der Waals surface area contributed by atoms with Gasteiger partial charge in [0.05, 0.1) is 23.6 Å². The number of amides is 1. The van der Waals surface area contributed by atoms with Gasteiger partial charge < -0.3 is 10.1 Å². The summed E-state index contributed by atoms with van der Waals surface area (Å²) in [5.74, 6) is -0.0687. The summed E-state index contributed by atoms with van der Waals surface area (Å²) in [6.45, 7) is 3.00. The predicted molar refractivity (Wildman–Crippen MR) is 137 cm³/mol. The van der Waals surface area contributed by atoms with Gasteiger partial charge in [-0.05, 0) is 54.7 Å². The zero-order valence-corrected chi connectivity index (χ0v) is 21.1. The first-order valence-electron chi connectivity index (χ1n) is 12.0. The van der Waals surface area contributed by atoms with Crippen LogP contribution >= 0.6 is 0 Å². The van der Waals surface area contributed by atoms with Crippen molar-refractivity contribution in [1.29, 1.82) is 0 Å². The van der Waals surface area contributed by atoms with Crippen molar-refractivity contribution in [3.05, 3.63) is 95.1 Å². The predicted octanol–water partition coefficient (Wildman–Crippen LogP) is 5.09. The van der Waals surface area contributed by atoms with Crippen LogP contribution in [0.2, 0.25) is 0 Å². The number of carbonyl (C=O) groups excluding carboxylic acids is 1. The second-order valence-electron chi connectivity index (χ2n) is 8.85. The molecule has 4 rings (SSSR count). The minimum absolute atomic E-state index is 0.109. The van der Waals surface area contributed by atoms with Crippen LogP contribution in [0.5, 0.6) is 5.75 Å². The number of sulfonamides is 1. The molecule has 1 aliphatic rings. The highest BCUT2D eigenvalue weighted by Crippen LogP contribution is 2.29. The van der Waals surface area contributed by atoms with E-state index in [0.29, 0.717) is 18.8 Å². The number of hydrogen-bond acceptors (Lipinski definition) is 4. The number of nitrogens with one attached hydrogen (secondary N) is 1. The normalized spacial score (nSPS) is 15.7. The summed E-state index contributed by atoms with van der Waals surface area (Å²) >= 11 is 0. The molecular weight excluding hydrogens is 460 g/mol. The quantitative estimate of drug-likeness (QED) is 0.499. The molecule has 6 nitrogen and oxygen atoms in total. The van der Waals surface area contributed by atoms with Crippen molar-refractivity contribution >= 4 is 15.9 Å². The van der Waals surface area contributed by atoms with Crippen LogP contribution in [0.3, 0.4) is 0 Å². The highest BCUT2D eigenvalue weighted by atomic mass is 32.2. The molecule has 1 unspecified atom stereocenters. The lowest BCUT2D eigenvalue weighted by atomic mass is 9.94. The highest BCUT2D eigenvalue weighted by molar-refractivity contribution is 7.89. The molecule has 1 amide bonds. The van der Waals surface area contributed by atoms with E-state index in [1.807, 2.05) is 61.5 Å². The molecule has 7 heteroatoms. The Labute approximate surface area is 208 Å². The summed E-state index contributed by atoms with van der Waals surface area (Å²) in [5.41, 5.74) is 3.14. The Morgan fingerprint density at radius 2 is 1.57 bits per heavy atom. The highest BCUT2D eigenvalue weighted by Gasteiger charge is 2.28. The standard InChI is InChI=1S/C28H32N2O4S/c1-21-12-8-9-15-24(21)27(22-13-6-5-7-14-22)29-28(31)25-20-23(16-17-26(25)34-2)35(32,33)30-18-10-3-4-11-19-30/h5-9,12-17,20,27H,3-4,10-11,18-19H2,1-2H3,(H,29,31). The van der Waals surface area contributed by atoms with Gasteiger partial charge in [-0.1, -0.05) is 67.4 Å². The van der Waals surface area contributed by atoms with Gasteiger partial charge in [0.15, 0.2) is 0 Å². The molecule has 1 saturated heterocycles. The van der Waals surface area contributed by atoms with Gasteiger partial charge in [0.2, 0.25) is 10.0 Å². The average molecular weight is 493 g/mol. The topological polar surface area (TPSA) is 75.7 Å². The Bertz CT molecular complexity index is 1270. The Morgan fingerprint density at radius 1 is 0.914 bits per heavy atom. The average Bonchev–Trinajstić information content (AvgIpc) is 3.18. The van der Waals surface area contributed by atoms with Crippen molar-refractivity contribution in [1.82, 2.24) is 9.62 Å². The maximum absolute atomic E-state index is 13.6. The van der Waals surface area contributed by atoms with Gasteiger partial charge >= 0.3 is 0 Å². The molecule has 0 aliphatic carbocycles. The largest absolute Gasteiger partial charge is 0.496 e. The molecule has 1 aliphatic heterocycles. The summed E-state index contributed by atoms with van der Waals surface area (Å²) in [6.07, 6.45) is 3.75. The molecule has 0 radical (unpaired) electrons. The van der Waals surface area contributed by atoms with E-state index in [-0.39, 0.29) is 10.5 Å². The van der Waals surface area contributed by atoms with E-state index in [2.05, 4.69) is 5.32 Å². The van der Waals surface area contributed by atoms with Crippen LogP contribution in [-0.4, -0.2) is 38.8 Å². The summed E-state index contributed by atoms with van der Waals surface area (Å²) in [4.78, 5) is 13.7. The van der Waals surface area contributed by atoms with E-state index in [4.69, 9.17) is 4.74 Å². The zero-order chi connectivity index (χ0) is 24.8. The fraction of sp³-hybridized carbons (Fsp3) is 0.321. The summed E-state index contributed by atoms with van der Waals surface area (Å²) < 4.78 is 33.7. The first-order chi connectivity index (χ1) is 16.9. The molecule has 0 aromatic heterocycles. The summed E-state index contributed by atoms with van der Waals surface area (Å²) in [6, 6.07) is 21.7. The molecule has 1 N–H and O–H groups in total. The van der Waals surface area contributed by atoms with Gasteiger partial charge in [-0.15, -0.1) is 0 Å². The Balaban J connectivity index is 1.70. The van der Waals surface area contributed by atoms with Crippen LogP contribution in [-0.2, 0) is 10.0 Å². The maximum atomic E-state index is 13.6. The lowest BCUT2D eigenvalue weighted by Gasteiger charge is -2.23.